The highest BCUT2D eigenvalue weighted by Crippen LogP contribution is 2.22. The van der Waals surface area contributed by atoms with E-state index in [4.69, 9.17) is 4.74 Å². The van der Waals surface area contributed by atoms with Crippen LogP contribution in [0.25, 0.3) is 0 Å². The Hall–Kier alpha value is -0.610. The molecule has 1 rings (SSSR count). The van der Waals surface area contributed by atoms with Gasteiger partial charge in [0.15, 0.2) is 11.6 Å². The first-order chi connectivity index (χ1) is 6.29. The van der Waals surface area contributed by atoms with Gasteiger partial charge in [0.05, 0.1) is 7.11 Å². The van der Waals surface area contributed by atoms with Crippen LogP contribution in [0.15, 0.2) is 18.2 Å². The second kappa shape index (κ2) is 6.79. The molecule has 1 N–H and O–H groups in total. The van der Waals surface area contributed by atoms with Crippen molar-refractivity contribution >= 4 is 17.0 Å². The Morgan fingerprint density at radius 1 is 1.43 bits per heavy atom. The molecule has 0 saturated heterocycles. The molecule has 0 spiro atoms. The van der Waals surface area contributed by atoms with Crippen molar-refractivity contribution in [2.75, 3.05) is 20.7 Å². The molecule has 0 aliphatic heterocycles. The SMILES string of the molecule is Br.CNCCc1cccc(F)c1OC. The first kappa shape index (κ1) is 13.4. The first-order valence-electron chi connectivity index (χ1n) is 4.25. The van der Waals surface area contributed by atoms with Gasteiger partial charge < -0.3 is 10.1 Å². The number of hydrogen-bond donors (Lipinski definition) is 1. The average molecular weight is 264 g/mol. The van der Waals surface area contributed by atoms with E-state index in [1.807, 2.05) is 13.1 Å². The van der Waals surface area contributed by atoms with Crippen LogP contribution in [0.5, 0.6) is 5.75 Å². The lowest BCUT2D eigenvalue weighted by molar-refractivity contribution is 0.381. The van der Waals surface area contributed by atoms with Gasteiger partial charge in [-0.15, -0.1) is 17.0 Å². The maximum absolute atomic E-state index is 13.1. The first-order valence-corrected chi connectivity index (χ1v) is 4.25. The van der Waals surface area contributed by atoms with Gasteiger partial charge in [0.25, 0.3) is 0 Å². The number of nitrogens with one attached hydrogen (secondary N) is 1. The summed E-state index contributed by atoms with van der Waals surface area (Å²) in [6, 6.07) is 4.98. The summed E-state index contributed by atoms with van der Waals surface area (Å²) in [5.41, 5.74) is 0.900. The van der Waals surface area contributed by atoms with Crippen LogP contribution in [0.1, 0.15) is 5.56 Å². The van der Waals surface area contributed by atoms with E-state index in [0.29, 0.717) is 5.75 Å². The molecule has 4 heteroatoms. The number of rotatable bonds is 4. The third kappa shape index (κ3) is 3.27. The third-order valence-electron chi connectivity index (χ3n) is 1.90. The quantitative estimate of drug-likeness (QED) is 0.899. The lowest BCUT2D eigenvalue weighted by atomic mass is 10.1. The minimum absolute atomic E-state index is 0. The van der Waals surface area contributed by atoms with E-state index in [2.05, 4.69) is 5.32 Å². The van der Waals surface area contributed by atoms with Crippen molar-refractivity contribution in [3.05, 3.63) is 29.6 Å². The molecule has 0 saturated carbocycles. The van der Waals surface area contributed by atoms with Crippen LogP contribution >= 0.6 is 17.0 Å². The summed E-state index contributed by atoms with van der Waals surface area (Å²) in [4.78, 5) is 0. The highest BCUT2D eigenvalue weighted by Gasteiger charge is 2.06. The van der Waals surface area contributed by atoms with Crippen LogP contribution < -0.4 is 10.1 Å². The van der Waals surface area contributed by atoms with Crippen molar-refractivity contribution in [1.82, 2.24) is 5.32 Å². The molecule has 1 aromatic rings. The summed E-state index contributed by atoms with van der Waals surface area (Å²) in [5, 5.41) is 3.01. The fourth-order valence-corrected chi connectivity index (χ4v) is 1.24. The normalized spacial score (nSPS) is 9.36. The molecule has 1 aromatic carbocycles. The number of hydrogen-bond acceptors (Lipinski definition) is 2. The summed E-state index contributed by atoms with van der Waals surface area (Å²) >= 11 is 0. The van der Waals surface area contributed by atoms with Crippen LogP contribution in [0.4, 0.5) is 4.39 Å². The summed E-state index contributed by atoms with van der Waals surface area (Å²) in [7, 11) is 3.35. The highest BCUT2D eigenvalue weighted by atomic mass is 79.9. The predicted molar refractivity (Wildman–Crippen MR) is 60.9 cm³/mol. The van der Waals surface area contributed by atoms with Gasteiger partial charge in [-0.1, -0.05) is 12.1 Å². The molecule has 0 radical (unpaired) electrons. The van der Waals surface area contributed by atoms with Crippen molar-refractivity contribution in [1.29, 1.82) is 0 Å². The van der Waals surface area contributed by atoms with Gasteiger partial charge in [-0.25, -0.2) is 4.39 Å². The second-order valence-corrected chi connectivity index (χ2v) is 2.79. The van der Waals surface area contributed by atoms with Crippen LogP contribution in [0, 0.1) is 5.82 Å². The Kier molecular flexibility index (Phi) is 6.49. The lowest BCUT2D eigenvalue weighted by Gasteiger charge is -2.08. The molecular formula is C10H15BrFNO. The van der Waals surface area contributed by atoms with Gasteiger partial charge in [-0.3, -0.25) is 0 Å². The number of para-hydroxylation sites is 1. The maximum Gasteiger partial charge on any atom is 0.165 e. The van der Waals surface area contributed by atoms with Crippen molar-refractivity contribution in [2.45, 2.75) is 6.42 Å². The Balaban J connectivity index is 0.00000169. The van der Waals surface area contributed by atoms with E-state index < -0.39 is 0 Å². The molecule has 0 unspecified atom stereocenters. The minimum Gasteiger partial charge on any atom is -0.493 e. The molecule has 0 aromatic heterocycles. The fraction of sp³-hybridized carbons (Fsp3) is 0.400. The summed E-state index contributed by atoms with van der Waals surface area (Å²) < 4.78 is 18.1. The molecule has 0 aliphatic rings. The monoisotopic (exact) mass is 263 g/mol. The predicted octanol–water partition coefficient (Wildman–Crippen LogP) is 2.17. The maximum atomic E-state index is 13.1. The summed E-state index contributed by atoms with van der Waals surface area (Å²) in [5.74, 6) is 0.0638. The zero-order chi connectivity index (χ0) is 9.68. The molecule has 0 atom stereocenters. The standard InChI is InChI=1S/C10H14FNO.BrH/c1-12-7-6-8-4-3-5-9(11)10(8)13-2;/h3-5,12H,6-7H2,1-2H3;1H. The van der Waals surface area contributed by atoms with Crippen molar-refractivity contribution in [2.24, 2.45) is 0 Å². The van der Waals surface area contributed by atoms with Crippen LogP contribution in [-0.4, -0.2) is 20.7 Å². The smallest absolute Gasteiger partial charge is 0.165 e. The number of ether oxygens (including phenoxy) is 1. The van der Waals surface area contributed by atoms with Crippen LogP contribution in [-0.2, 0) is 6.42 Å². The fourth-order valence-electron chi connectivity index (χ4n) is 1.24. The highest BCUT2D eigenvalue weighted by molar-refractivity contribution is 8.93. The Labute approximate surface area is 94.2 Å². The van der Waals surface area contributed by atoms with Gasteiger partial charge in [-0.05, 0) is 31.6 Å². The lowest BCUT2D eigenvalue weighted by Crippen LogP contribution is -2.11. The third-order valence-corrected chi connectivity index (χ3v) is 1.90. The van der Waals surface area contributed by atoms with Gasteiger partial charge in [0.2, 0.25) is 0 Å². The zero-order valence-electron chi connectivity index (χ0n) is 8.34. The molecule has 0 bridgehead atoms. The van der Waals surface area contributed by atoms with Crippen LogP contribution in [0.3, 0.4) is 0 Å². The van der Waals surface area contributed by atoms with Crippen molar-refractivity contribution in [3.63, 3.8) is 0 Å². The van der Waals surface area contributed by atoms with E-state index in [-0.39, 0.29) is 22.8 Å². The molecular weight excluding hydrogens is 249 g/mol. The van der Waals surface area contributed by atoms with Crippen LogP contribution in [0.2, 0.25) is 0 Å². The number of likely N-dealkylation sites (N-methyl/N-ethyl adjacent to an activating group) is 1. The van der Waals surface area contributed by atoms with Gasteiger partial charge in [0, 0.05) is 0 Å². The average Bonchev–Trinajstić information content (AvgIpc) is 2.15. The topological polar surface area (TPSA) is 21.3 Å². The molecule has 0 fully saturated rings. The molecule has 0 aliphatic carbocycles. The number of methoxy groups -OCH3 is 1. The molecule has 0 amide bonds. The van der Waals surface area contributed by atoms with Crippen molar-refractivity contribution in [3.8, 4) is 5.75 Å². The van der Waals surface area contributed by atoms with E-state index in [1.165, 1.54) is 13.2 Å². The molecule has 0 heterocycles. The van der Waals surface area contributed by atoms with E-state index in [1.54, 1.807) is 6.07 Å². The van der Waals surface area contributed by atoms with E-state index in [0.717, 1.165) is 18.5 Å². The van der Waals surface area contributed by atoms with Crippen molar-refractivity contribution < 1.29 is 9.13 Å². The largest absolute Gasteiger partial charge is 0.493 e. The second-order valence-electron chi connectivity index (χ2n) is 2.79. The van der Waals surface area contributed by atoms with Gasteiger partial charge in [0.1, 0.15) is 0 Å². The summed E-state index contributed by atoms with van der Waals surface area (Å²) in [6.07, 6.45) is 0.775. The minimum atomic E-state index is -0.295. The Morgan fingerprint density at radius 2 is 2.14 bits per heavy atom. The molecule has 14 heavy (non-hydrogen) atoms. The van der Waals surface area contributed by atoms with Gasteiger partial charge in [-0.2, -0.15) is 0 Å². The molecule has 80 valence electrons. The summed E-state index contributed by atoms with van der Waals surface area (Å²) in [6.45, 7) is 0.819. The van der Waals surface area contributed by atoms with E-state index in [9.17, 15) is 4.39 Å². The number of halogens is 2. The van der Waals surface area contributed by atoms with E-state index >= 15 is 0 Å². The molecule has 2 nitrogen and oxygen atoms in total. The Bertz CT molecular complexity index is 281. The van der Waals surface area contributed by atoms with Gasteiger partial charge >= 0.3 is 0 Å². The number of benzene rings is 1. The zero-order valence-corrected chi connectivity index (χ0v) is 10.1. The Morgan fingerprint density at radius 3 is 2.71 bits per heavy atom.